The Balaban J connectivity index is 2.57. The van der Waals surface area contributed by atoms with Crippen molar-refractivity contribution in [3.05, 3.63) is 11.4 Å². The third-order valence-corrected chi connectivity index (χ3v) is 2.38. The number of carboxylic acids is 1. The summed E-state index contributed by atoms with van der Waals surface area (Å²) in [6.07, 6.45) is 3.81. The van der Waals surface area contributed by atoms with Gasteiger partial charge in [0.2, 0.25) is 0 Å². The summed E-state index contributed by atoms with van der Waals surface area (Å²) in [5.74, 6) is -0.735. The smallest absolute Gasteiger partial charge is 0.335 e. The number of aliphatic carboxylic acids is 1. The Bertz CT molecular complexity index is 139. The fourth-order valence-electron chi connectivity index (χ4n) is 0.658. The SMILES string of the molecule is O=C(O)C1=CCCP1. The molecule has 0 aliphatic carbocycles. The minimum absolute atomic E-state index is 0.542. The van der Waals surface area contributed by atoms with E-state index in [1.54, 1.807) is 6.08 Å². The van der Waals surface area contributed by atoms with Crippen molar-refractivity contribution in [1.82, 2.24) is 0 Å². The molecule has 1 unspecified atom stereocenters. The van der Waals surface area contributed by atoms with Crippen LogP contribution in [0.4, 0.5) is 0 Å². The standard InChI is InChI=1S/C5H7O2P/c6-5(7)4-2-1-3-8-4/h2,8H,1,3H2,(H,6,7). The van der Waals surface area contributed by atoms with E-state index in [1.165, 1.54) is 0 Å². The Morgan fingerprint density at radius 1 is 1.88 bits per heavy atom. The van der Waals surface area contributed by atoms with Crippen LogP contribution in [0.15, 0.2) is 11.4 Å². The van der Waals surface area contributed by atoms with E-state index in [1.807, 2.05) is 0 Å². The summed E-state index contributed by atoms with van der Waals surface area (Å²) in [5, 5.41) is 8.97. The molecular formula is C5H7O2P. The molecule has 1 rings (SSSR count). The quantitative estimate of drug-likeness (QED) is 0.538. The van der Waals surface area contributed by atoms with E-state index in [4.69, 9.17) is 5.11 Å². The molecular weight excluding hydrogens is 123 g/mol. The van der Waals surface area contributed by atoms with Crippen molar-refractivity contribution in [1.29, 1.82) is 0 Å². The summed E-state index contributed by atoms with van der Waals surface area (Å²) >= 11 is 0. The summed E-state index contributed by atoms with van der Waals surface area (Å²) in [7, 11) is 0.542. The van der Waals surface area contributed by atoms with Crippen LogP contribution in [0.25, 0.3) is 0 Å². The van der Waals surface area contributed by atoms with Gasteiger partial charge < -0.3 is 5.11 Å². The zero-order valence-electron chi connectivity index (χ0n) is 4.35. The van der Waals surface area contributed by atoms with E-state index in [2.05, 4.69) is 0 Å². The molecule has 0 aromatic carbocycles. The highest BCUT2D eigenvalue weighted by atomic mass is 31.1. The van der Waals surface area contributed by atoms with Crippen molar-refractivity contribution < 1.29 is 9.90 Å². The maximum atomic E-state index is 10.1. The second kappa shape index (κ2) is 2.27. The van der Waals surface area contributed by atoms with Crippen molar-refractivity contribution in [3.63, 3.8) is 0 Å². The average molecular weight is 130 g/mol. The van der Waals surface area contributed by atoms with Gasteiger partial charge >= 0.3 is 5.97 Å². The lowest BCUT2D eigenvalue weighted by molar-refractivity contribution is -0.131. The van der Waals surface area contributed by atoms with Gasteiger partial charge in [-0.25, -0.2) is 4.79 Å². The highest BCUT2D eigenvalue weighted by Crippen LogP contribution is 2.30. The normalized spacial score (nSPS) is 21.2. The molecule has 1 heterocycles. The van der Waals surface area contributed by atoms with Crippen LogP contribution in [-0.4, -0.2) is 17.2 Å². The summed E-state index contributed by atoms with van der Waals surface area (Å²) in [6.45, 7) is 0. The molecule has 0 fully saturated rings. The highest BCUT2D eigenvalue weighted by Gasteiger charge is 2.09. The molecule has 1 N–H and O–H groups in total. The Hall–Kier alpha value is -0.360. The van der Waals surface area contributed by atoms with E-state index in [9.17, 15) is 4.79 Å². The van der Waals surface area contributed by atoms with Gasteiger partial charge in [0.05, 0.1) is 5.31 Å². The molecule has 1 atom stereocenters. The molecule has 8 heavy (non-hydrogen) atoms. The van der Waals surface area contributed by atoms with E-state index >= 15 is 0 Å². The van der Waals surface area contributed by atoms with Crippen LogP contribution in [0.5, 0.6) is 0 Å². The lowest BCUT2D eigenvalue weighted by Crippen LogP contribution is -1.91. The van der Waals surface area contributed by atoms with Crippen LogP contribution in [0.1, 0.15) is 6.42 Å². The number of carboxylic acid groups (broad SMARTS) is 1. The maximum Gasteiger partial charge on any atom is 0.335 e. The van der Waals surface area contributed by atoms with E-state index in [0.29, 0.717) is 13.9 Å². The highest BCUT2D eigenvalue weighted by molar-refractivity contribution is 7.45. The molecule has 0 saturated heterocycles. The van der Waals surface area contributed by atoms with E-state index in [-0.39, 0.29) is 0 Å². The van der Waals surface area contributed by atoms with Gasteiger partial charge in [0, 0.05) is 0 Å². The molecule has 0 spiro atoms. The average Bonchev–Trinajstić information content (AvgIpc) is 2.12. The van der Waals surface area contributed by atoms with Gasteiger partial charge in [0.25, 0.3) is 0 Å². The molecule has 1 aliphatic heterocycles. The van der Waals surface area contributed by atoms with Crippen LogP contribution in [0, 0.1) is 0 Å². The molecule has 0 saturated carbocycles. The first-order valence-corrected chi connectivity index (χ1v) is 3.69. The van der Waals surface area contributed by atoms with Crippen LogP contribution in [0.3, 0.4) is 0 Å². The lowest BCUT2D eigenvalue weighted by atomic mass is 10.4. The second-order valence-corrected chi connectivity index (χ2v) is 3.03. The summed E-state index contributed by atoms with van der Waals surface area (Å²) < 4.78 is 0. The van der Waals surface area contributed by atoms with Crippen LogP contribution in [0.2, 0.25) is 0 Å². The van der Waals surface area contributed by atoms with Crippen LogP contribution in [-0.2, 0) is 4.79 Å². The third-order valence-electron chi connectivity index (χ3n) is 1.04. The first-order valence-electron chi connectivity index (χ1n) is 2.48. The lowest BCUT2D eigenvalue weighted by Gasteiger charge is -1.87. The van der Waals surface area contributed by atoms with Gasteiger partial charge in [-0.1, -0.05) is 14.7 Å². The molecule has 0 aromatic rings. The van der Waals surface area contributed by atoms with E-state index in [0.717, 1.165) is 12.6 Å². The molecule has 0 bridgehead atoms. The predicted octanol–water partition coefficient (Wildman–Crippen LogP) is 1.04. The topological polar surface area (TPSA) is 37.3 Å². The number of carbonyl (C=O) groups is 1. The van der Waals surface area contributed by atoms with Gasteiger partial charge in [-0.15, -0.1) is 0 Å². The molecule has 44 valence electrons. The second-order valence-electron chi connectivity index (χ2n) is 1.64. The number of hydrogen-bond acceptors (Lipinski definition) is 1. The van der Waals surface area contributed by atoms with Crippen molar-refractivity contribution in [3.8, 4) is 0 Å². The number of hydrogen-bond donors (Lipinski definition) is 1. The summed E-state index contributed by atoms with van der Waals surface area (Å²) in [4.78, 5) is 10.1. The molecule has 0 amide bonds. The Labute approximate surface area is 49.4 Å². The molecule has 0 radical (unpaired) electrons. The fraction of sp³-hybridized carbons (Fsp3) is 0.400. The Morgan fingerprint density at radius 2 is 2.62 bits per heavy atom. The molecule has 1 aliphatic rings. The van der Waals surface area contributed by atoms with Crippen molar-refractivity contribution in [2.24, 2.45) is 0 Å². The van der Waals surface area contributed by atoms with Crippen molar-refractivity contribution >= 4 is 14.6 Å². The minimum atomic E-state index is -0.735. The third kappa shape index (κ3) is 1.07. The number of rotatable bonds is 1. The van der Waals surface area contributed by atoms with Crippen molar-refractivity contribution in [2.45, 2.75) is 6.42 Å². The predicted molar refractivity (Wildman–Crippen MR) is 33.5 cm³/mol. The van der Waals surface area contributed by atoms with Gasteiger partial charge in [0.1, 0.15) is 0 Å². The number of allylic oxidation sites excluding steroid dienone is 1. The Kier molecular flexibility index (Phi) is 1.64. The minimum Gasteiger partial charge on any atom is -0.478 e. The van der Waals surface area contributed by atoms with Gasteiger partial charge in [-0.3, -0.25) is 0 Å². The molecule has 3 heteroatoms. The largest absolute Gasteiger partial charge is 0.478 e. The van der Waals surface area contributed by atoms with E-state index < -0.39 is 5.97 Å². The monoisotopic (exact) mass is 130 g/mol. The van der Waals surface area contributed by atoms with Gasteiger partial charge in [-0.05, 0) is 12.6 Å². The summed E-state index contributed by atoms with van der Waals surface area (Å²) in [6, 6.07) is 0. The first kappa shape index (κ1) is 5.77. The fourth-order valence-corrected chi connectivity index (χ4v) is 1.66. The summed E-state index contributed by atoms with van der Waals surface area (Å²) in [5.41, 5.74) is 0. The molecule has 2 nitrogen and oxygen atoms in total. The Morgan fingerprint density at radius 3 is 2.88 bits per heavy atom. The van der Waals surface area contributed by atoms with Crippen LogP contribution < -0.4 is 0 Å². The molecule has 0 aromatic heterocycles. The maximum absolute atomic E-state index is 10.1. The zero-order chi connectivity index (χ0) is 5.98. The van der Waals surface area contributed by atoms with Crippen molar-refractivity contribution in [2.75, 3.05) is 6.16 Å². The zero-order valence-corrected chi connectivity index (χ0v) is 5.35. The van der Waals surface area contributed by atoms with Gasteiger partial charge in [0.15, 0.2) is 0 Å². The van der Waals surface area contributed by atoms with Gasteiger partial charge in [-0.2, -0.15) is 0 Å². The first-order chi connectivity index (χ1) is 3.80. The van der Waals surface area contributed by atoms with Crippen LogP contribution >= 0.6 is 8.58 Å².